The van der Waals surface area contributed by atoms with E-state index in [1.54, 1.807) is 0 Å². The molecule has 0 aliphatic heterocycles. The molecule has 1 radical (unpaired) electrons. The van der Waals surface area contributed by atoms with Gasteiger partial charge in [0.25, 0.3) is 0 Å². The summed E-state index contributed by atoms with van der Waals surface area (Å²) < 4.78 is 0. The maximum Gasteiger partial charge on any atom is 3.00 e. The molecule has 0 atom stereocenters. The fraction of sp³-hybridized carbons (Fsp3) is 0. The summed E-state index contributed by atoms with van der Waals surface area (Å²) >= 11 is 14.8. The standard InChI is InChI=1S/4CHNS.Cr.3H3N.3H2O/c4*2-1-3;;;;;;;/h4*3H;;3*1H3;3*1H2/q;;;;+3;;;;;;/p-3. The number of thiocyanates is 4. The molecule has 0 unspecified atom stereocenters. The Kier molecular flexibility index (Phi) is 2500. The summed E-state index contributed by atoms with van der Waals surface area (Å²) in [6, 6.07) is 0. The van der Waals surface area contributed by atoms with Gasteiger partial charge in [-0.05, 0) is 0 Å². The zero-order valence-corrected chi connectivity index (χ0v) is 14.3. The van der Waals surface area contributed by atoms with Crippen molar-refractivity contribution < 1.29 is 33.8 Å². The minimum Gasteiger partial charge on any atom is -0.696 e. The van der Waals surface area contributed by atoms with Crippen LogP contribution in [0.2, 0.25) is 0 Å². The van der Waals surface area contributed by atoms with E-state index in [-0.39, 0.29) is 52.2 Å². The second-order valence-corrected chi connectivity index (χ2v) is 1.10. The van der Waals surface area contributed by atoms with E-state index in [0.717, 1.165) is 0 Å². The van der Waals surface area contributed by atoms with Gasteiger partial charge in [-0.25, -0.2) is 21.0 Å². The molecule has 0 amide bonds. The SMILES string of the molecule is N.N.N#C[S-].N#C[S-].N#C[S-].N#C[S-].O.O.O.[Cr+3].[NH4+]. The first-order chi connectivity index (χ1) is 5.66. The third-order valence-corrected chi connectivity index (χ3v) is 0. The molecule has 16 N–H and O–H groups in total. The first-order valence-corrected chi connectivity index (χ1v) is 3.34. The third kappa shape index (κ3) is 5210. The smallest absolute Gasteiger partial charge is 0.696 e. The van der Waals surface area contributed by atoms with Crippen molar-refractivity contribution in [3.8, 4) is 21.6 Å². The zero-order chi connectivity index (χ0) is 10.8. The van der Waals surface area contributed by atoms with Gasteiger partial charge in [0, 0.05) is 0 Å². The summed E-state index contributed by atoms with van der Waals surface area (Å²) in [5.74, 6) is 0. The van der Waals surface area contributed by atoms with Gasteiger partial charge in [0.1, 0.15) is 0 Å². The normalized spacial score (nSPS) is 1.47. The maximum absolute atomic E-state index is 7.13. The number of quaternary nitrogens is 1. The Morgan fingerprint density at radius 2 is 0.526 bits per heavy atom. The quantitative estimate of drug-likeness (QED) is 0.310. The van der Waals surface area contributed by atoms with Crippen LogP contribution in [0, 0.1) is 42.7 Å². The van der Waals surface area contributed by atoms with Crippen molar-refractivity contribution >= 4 is 50.5 Å². The van der Waals surface area contributed by atoms with Crippen molar-refractivity contribution in [1.82, 2.24) is 18.5 Å². The molecule has 0 heterocycles. The van der Waals surface area contributed by atoms with Crippen LogP contribution in [0.4, 0.5) is 0 Å². The van der Waals surface area contributed by atoms with Gasteiger partial charge >= 0.3 is 17.4 Å². The fourth-order valence-electron chi connectivity index (χ4n) is 0. The third-order valence-electron chi connectivity index (χ3n) is 0. The molecule has 0 spiro atoms. The summed E-state index contributed by atoms with van der Waals surface area (Å²) in [5, 5.41) is 33.9. The first-order valence-electron chi connectivity index (χ1n) is 1.71. The number of hydrogen-bond acceptors (Lipinski definition) is 10. The molecular weight excluding hydrogens is 374 g/mol. The Morgan fingerprint density at radius 3 is 0.526 bits per heavy atom. The summed E-state index contributed by atoms with van der Waals surface area (Å²) in [5.41, 5.74) is 0. The van der Waals surface area contributed by atoms with Gasteiger partial charge in [0.05, 0.1) is 0 Å². The van der Waals surface area contributed by atoms with Crippen LogP contribution in [-0.4, -0.2) is 16.4 Å². The summed E-state index contributed by atoms with van der Waals surface area (Å²) in [7, 11) is 0. The zero-order valence-electron chi connectivity index (χ0n) is 9.74. The molecule has 10 nitrogen and oxygen atoms in total. The van der Waals surface area contributed by atoms with Crippen molar-refractivity contribution in [3.05, 3.63) is 0 Å². The molecule has 19 heavy (non-hydrogen) atoms. The maximum atomic E-state index is 7.13. The van der Waals surface area contributed by atoms with E-state index in [1.807, 2.05) is 0 Å². The van der Waals surface area contributed by atoms with E-state index in [1.165, 1.54) is 21.6 Å². The van der Waals surface area contributed by atoms with Gasteiger partial charge in [0.15, 0.2) is 0 Å². The molecule has 0 aromatic heterocycles. The van der Waals surface area contributed by atoms with Crippen LogP contribution < -0.4 is 18.5 Å². The molecule has 0 aromatic rings. The second-order valence-electron chi connectivity index (χ2n) is 0.365. The molecule has 0 aliphatic rings. The summed E-state index contributed by atoms with van der Waals surface area (Å²) in [6.45, 7) is 0. The average molecular weight is 390 g/mol. The van der Waals surface area contributed by atoms with Crippen molar-refractivity contribution in [2.45, 2.75) is 0 Å². The Balaban J connectivity index is -0.00000000444. The van der Waals surface area contributed by atoms with Gasteiger partial charge in [-0.2, -0.15) is 0 Å². The van der Waals surface area contributed by atoms with Crippen molar-refractivity contribution in [2.75, 3.05) is 0 Å². The van der Waals surface area contributed by atoms with E-state index < -0.39 is 0 Å². The van der Waals surface area contributed by atoms with E-state index >= 15 is 0 Å². The Morgan fingerprint density at radius 1 is 0.526 bits per heavy atom. The number of rotatable bonds is 0. The molecule has 0 saturated carbocycles. The molecule has 0 aromatic carbocycles. The van der Waals surface area contributed by atoms with Gasteiger partial charge in [-0.1, -0.05) is 21.6 Å². The Labute approximate surface area is 145 Å². The predicted molar refractivity (Wildman–Crippen MR) is 78.8 cm³/mol. The van der Waals surface area contributed by atoms with Crippen LogP contribution in [0.3, 0.4) is 0 Å². The minimum absolute atomic E-state index is 0. The van der Waals surface area contributed by atoms with Crippen molar-refractivity contribution in [3.63, 3.8) is 0 Å². The largest absolute Gasteiger partial charge is 3.00 e. The van der Waals surface area contributed by atoms with Gasteiger partial charge in [-0.15, -0.1) is 0 Å². The fourth-order valence-corrected chi connectivity index (χ4v) is 0. The van der Waals surface area contributed by atoms with E-state index in [9.17, 15) is 0 Å². The average Bonchev–Trinajstić information content (AvgIpc) is 1.92. The Hall–Kier alpha value is -0.868. The molecule has 0 aliphatic carbocycles. The van der Waals surface area contributed by atoms with Crippen LogP contribution in [0.25, 0.3) is 0 Å². The van der Waals surface area contributed by atoms with E-state index in [2.05, 4.69) is 50.5 Å². The molecule has 15 heteroatoms. The van der Waals surface area contributed by atoms with Crippen molar-refractivity contribution in [2.24, 2.45) is 0 Å². The van der Waals surface area contributed by atoms with Crippen LogP contribution in [0.15, 0.2) is 0 Å². The Bertz CT molecular complexity index is 174. The van der Waals surface area contributed by atoms with E-state index in [4.69, 9.17) is 21.0 Å². The molecule has 0 bridgehead atoms. The number of nitrogens with zero attached hydrogens (tertiary/aromatic N) is 4. The number of nitriles is 4. The molecule has 0 saturated heterocycles. The number of hydrogen-bond donors (Lipinski definition) is 3. The monoisotopic (exact) mass is 390 g/mol. The summed E-state index contributed by atoms with van der Waals surface area (Å²) in [4.78, 5) is 0. The minimum atomic E-state index is 0. The molecular formula is C4H16CrN7O3S4. The molecule has 115 valence electrons. The van der Waals surface area contributed by atoms with Gasteiger partial charge < -0.3 is 85.4 Å². The van der Waals surface area contributed by atoms with Crippen LogP contribution in [-0.2, 0) is 67.9 Å². The van der Waals surface area contributed by atoms with Crippen molar-refractivity contribution in [1.29, 1.82) is 21.0 Å². The molecule has 0 rings (SSSR count). The topological polar surface area (TPSA) is 296 Å². The van der Waals surface area contributed by atoms with Crippen LogP contribution >= 0.6 is 0 Å². The molecule has 0 fully saturated rings. The van der Waals surface area contributed by atoms with Crippen LogP contribution in [0.5, 0.6) is 0 Å². The van der Waals surface area contributed by atoms with E-state index in [0.29, 0.717) is 0 Å². The first kappa shape index (κ1) is 105. The van der Waals surface area contributed by atoms with Crippen LogP contribution in [0.1, 0.15) is 0 Å². The van der Waals surface area contributed by atoms with Gasteiger partial charge in [0.2, 0.25) is 0 Å². The predicted octanol–water partition coefficient (Wildman–Crippen LogP) is -1.72. The van der Waals surface area contributed by atoms with Gasteiger partial charge in [-0.3, -0.25) is 0 Å². The summed E-state index contributed by atoms with van der Waals surface area (Å²) in [6.07, 6.45) is 0. The second kappa shape index (κ2) is 454.